The van der Waals surface area contributed by atoms with E-state index in [-0.39, 0.29) is 11.2 Å². The van der Waals surface area contributed by atoms with Crippen LogP contribution in [0, 0.1) is 13.8 Å². The number of H-pyrrole nitrogens is 1. The van der Waals surface area contributed by atoms with Crippen LogP contribution in [0.5, 0.6) is 5.75 Å². The maximum absolute atomic E-state index is 12.1. The van der Waals surface area contributed by atoms with Gasteiger partial charge in [-0.05, 0) is 26.8 Å². The first-order chi connectivity index (χ1) is 10.5. The predicted molar refractivity (Wildman–Crippen MR) is 90.6 cm³/mol. The van der Waals surface area contributed by atoms with E-state index in [0.29, 0.717) is 5.75 Å². The van der Waals surface area contributed by atoms with Gasteiger partial charge in [0.1, 0.15) is 5.75 Å². The lowest BCUT2D eigenvalue weighted by atomic mass is 10.1. The summed E-state index contributed by atoms with van der Waals surface area (Å²) < 4.78 is 5.36. The summed E-state index contributed by atoms with van der Waals surface area (Å²) in [6.07, 6.45) is 0. The molecular formula is C16H21N3O2S. The van der Waals surface area contributed by atoms with E-state index in [9.17, 15) is 4.79 Å². The van der Waals surface area contributed by atoms with Crippen LogP contribution >= 0.6 is 11.8 Å². The Morgan fingerprint density at radius 2 is 2.14 bits per heavy atom. The zero-order valence-electron chi connectivity index (χ0n) is 13.3. The number of benzene rings is 1. The molecular weight excluding hydrogens is 298 g/mol. The molecule has 0 saturated heterocycles. The molecule has 5 nitrogen and oxygen atoms in total. The van der Waals surface area contributed by atoms with E-state index in [1.807, 2.05) is 38.1 Å². The number of carbonyl (C=O) groups excluding carboxylic acids is 1. The van der Waals surface area contributed by atoms with Gasteiger partial charge in [0.15, 0.2) is 0 Å². The second kappa shape index (κ2) is 7.35. The molecule has 2 N–H and O–H groups in total. The Kier molecular flexibility index (Phi) is 5.49. The largest absolute Gasteiger partial charge is 0.496 e. The van der Waals surface area contributed by atoms with Crippen LogP contribution in [0.1, 0.15) is 29.1 Å². The lowest BCUT2D eigenvalue weighted by Crippen LogP contribution is -2.15. The van der Waals surface area contributed by atoms with Crippen molar-refractivity contribution < 1.29 is 9.53 Å². The summed E-state index contributed by atoms with van der Waals surface area (Å²) in [6, 6.07) is 7.88. The summed E-state index contributed by atoms with van der Waals surface area (Å²) in [5, 5.41) is 10.0. The predicted octanol–water partition coefficient (Wildman–Crippen LogP) is 3.47. The Labute approximate surface area is 134 Å². The number of hydrogen-bond donors (Lipinski definition) is 2. The minimum Gasteiger partial charge on any atom is -0.496 e. The van der Waals surface area contributed by atoms with Crippen LogP contribution in [-0.2, 0) is 4.79 Å². The van der Waals surface area contributed by atoms with Crippen LogP contribution in [0.4, 0.5) is 5.69 Å². The molecule has 0 aliphatic heterocycles. The van der Waals surface area contributed by atoms with Crippen molar-refractivity contribution in [2.75, 3.05) is 18.2 Å². The first-order valence-electron chi connectivity index (χ1n) is 7.09. The van der Waals surface area contributed by atoms with Crippen molar-refractivity contribution in [3.05, 3.63) is 41.2 Å². The summed E-state index contributed by atoms with van der Waals surface area (Å²) in [7, 11) is 1.66. The van der Waals surface area contributed by atoms with Crippen LogP contribution in [-0.4, -0.2) is 29.0 Å². The first kappa shape index (κ1) is 16.4. The number of hydrogen-bond acceptors (Lipinski definition) is 4. The molecule has 1 heterocycles. The van der Waals surface area contributed by atoms with Gasteiger partial charge in [-0.25, -0.2) is 0 Å². The number of aromatic nitrogens is 2. The Bertz CT molecular complexity index is 635. The van der Waals surface area contributed by atoms with Crippen LogP contribution in [0.15, 0.2) is 24.3 Å². The van der Waals surface area contributed by atoms with Crippen LogP contribution < -0.4 is 10.1 Å². The standard InChI is InChI=1S/C16H21N3O2S/c1-10-16(11(2)19-18-10)17-15(20)9-22-12(3)13-7-5-6-8-14(13)21-4/h5-8,12H,9H2,1-4H3,(H,17,20)(H,18,19). The number of nitrogens with one attached hydrogen (secondary N) is 2. The minimum absolute atomic E-state index is 0.0284. The van der Waals surface area contributed by atoms with Gasteiger partial charge in [0.25, 0.3) is 0 Å². The van der Waals surface area contributed by atoms with Crippen LogP contribution in [0.3, 0.4) is 0 Å². The number of para-hydroxylation sites is 1. The van der Waals surface area contributed by atoms with Gasteiger partial charge in [0.2, 0.25) is 5.91 Å². The third-order valence-corrected chi connectivity index (χ3v) is 4.62. The molecule has 1 atom stereocenters. The van der Waals surface area contributed by atoms with E-state index in [4.69, 9.17) is 4.74 Å². The van der Waals surface area contributed by atoms with Crippen molar-refractivity contribution in [1.82, 2.24) is 10.2 Å². The molecule has 6 heteroatoms. The number of anilines is 1. The summed E-state index contributed by atoms with van der Waals surface area (Å²) in [5.74, 6) is 1.20. The number of methoxy groups -OCH3 is 1. The van der Waals surface area contributed by atoms with Crippen molar-refractivity contribution in [2.24, 2.45) is 0 Å². The fraction of sp³-hybridized carbons (Fsp3) is 0.375. The number of thioether (sulfide) groups is 1. The summed E-state index contributed by atoms with van der Waals surface area (Å²) in [5.41, 5.74) is 3.54. The van der Waals surface area contributed by atoms with Gasteiger partial charge < -0.3 is 10.1 Å². The molecule has 2 aromatic rings. The summed E-state index contributed by atoms with van der Waals surface area (Å²) in [4.78, 5) is 12.1. The molecule has 2 rings (SSSR count). The second-order valence-electron chi connectivity index (χ2n) is 5.05. The van der Waals surface area contributed by atoms with Gasteiger partial charge in [-0.3, -0.25) is 9.89 Å². The van der Waals surface area contributed by atoms with Gasteiger partial charge in [0.05, 0.1) is 29.9 Å². The molecule has 0 spiro atoms. The smallest absolute Gasteiger partial charge is 0.234 e. The molecule has 118 valence electrons. The van der Waals surface area contributed by atoms with Gasteiger partial charge in [-0.15, -0.1) is 11.8 Å². The topological polar surface area (TPSA) is 67.0 Å². The van der Waals surface area contributed by atoms with Gasteiger partial charge in [0, 0.05) is 10.8 Å². The van der Waals surface area contributed by atoms with Gasteiger partial charge in [-0.1, -0.05) is 18.2 Å². The Hall–Kier alpha value is -1.95. The molecule has 0 aliphatic carbocycles. The Morgan fingerprint density at radius 3 is 2.77 bits per heavy atom. The molecule has 1 aromatic carbocycles. The van der Waals surface area contributed by atoms with E-state index in [2.05, 4.69) is 22.4 Å². The molecule has 0 fully saturated rings. The number of aromatic amines is 1. The highest BCUT2D eigenvalue weighted by molar-refractivity contribution is 8.00. The first-order valence-corrected chi connectivity index (χ1v) is 8.13. The molecule has 1 unspecified atom stereocenters. The SMILES string of the molecule is COc1ccccc1C(C)SCC(=O)Nc1c(C)n[nH]c1C. The molecule has 0 aliphatic rings. The third-order valence-electron chi connectivity index (χ3n) is 3.43. The highest BCUT2D eigenvalue weighted by Crippen LogP contribution is 2.34. The lowest BCUT2D eigenvalue weighted by molar-refractivity contribution is -0.113. The van der Waals surface area contributed by atoms with Crippen molar-refractivity contribution in [1.29, 1.82) is 0 Å². The van der Waals surface area contributed by atoms with E-state index in [1.165, 1.54) is 0 Å². The fourth-order valence-electron chi connectivity index (χ4n) is 2.20. The molecule has 0 bridgehead atoms. The molecule has 22 heavy (non-hydrogen) atoms. The van der Waals surface area contributed by atoms with Crippen molar-refractivity contribution in [2.45, 2.75) is 26.0 Å². The zero-order chi connectivity index (χ0) is 16.1. The normalized spacial score (nSPS) is 12.0. The highest BCUT2D eigenvalue weighted by Gasteiger charge is 2.15. The number of rotatable bonds is 6. The maximum Gasteiger partial charge on any atom is 0.234 e. The third kappa shape index (κ3) is 3.82. The van der Waals surface area contributed by atoms with E-state index >= 15 is 0 Å². The number of amides is 1. The quantitative estimate of drug-likeness (QED) is 0.855. The van der Waals surface area contributed by atoms with Crippen molar-refractivity contribution >= 4 is 23.4 Å². The minimum atomic E-state index is -0.0284. The van der Waals surface area contributed by atoms with Gasteiger partial charge >= 0.3 is 0 Å². The Balaban J connectivity index is 1.93. The second-order valence-corrected chi connectivity index (χ2v) is 6.38. The lowest BCUT2D eigenvalue weighted by Gasteiger charge is -2.15. The number of carbonyl (C=O) groups is 1. The van der Waals surface area contributed by atoms with Gasteiger partial charge in [-0.2, -0.15) is 5.10 Å². The van der Waals surface area contributed by atoms with Crippen LogP contribution in [0.2, 0.25) is 0 Å². The van der Waals surface area contributed by atoms with Crippen LogP contribution in [0.25, 0.3) is 0 Å². The molecule has 1 amide bonds. The molecule has 0 saturated carbocycles. The average Bonchev–Trinajstić information content (AvgIpc) is 2.84. The number of nitrogens with zero attached hydrogens (tertiary/aromatic N) is 1. The maximum atomic E-state index is 12.1. The zero-order valence-corrected chi connectivity index (χ0v) is 14.1. The number of ether oxygens (including phenoxy) is 1. The highest BCUT2D eigenvalue weighted by atomic mass is 32.2. The van der Waals surface area contributed by atoms with Crippen molar-refractivity contribution in [3.63, 3.8) is 0 Å². The monoisotopic (exact) mass is 319 g/mol. The number of aryl methyl sites for hydroxylation is 2. The van der Waals surface area contributed by atoms with E-state index in [1.54, 1.807) is 18.9 Å². The average molecular weight is 319 g/mol. The van der Waals surface area contributed by atoms with E-state index < -0.39 is 0 Å². The summed E-state index contributed by atoms with van der Waals surface area (Å²) in [6.45, 7) is 5.83. The molecule has 0 radical (unpaired) electrons. The molecule has 1 aromatic heterocycles. The van der Waals surface area contributed by atoms with Crippen molar-refractivity contribution in [3.8, 4) is 5.75 Å². The Morgan fingerprint density at radius 1 is 1.41 bits per heavy atom. The van der Waals surface area contributed by atoms with E-state index in [0.717, 1.165) is 28.4 Å². The fourth-order valence-corrected chi connectivity index (χ4v) is 3.05. The summed E-state index contributed by atoms with van der Waals surface area (Å²) >= 11 is 1.58.